The van der Waals surface area contributed by atoms with Gasteiger partial charge in [-0.25, -0.2) is 4.79 Å². The zero-order chi connectivity index (χ0) is 16.0. The maximum Gasteiger partial charge on any atom is 0.410 e. The first-order chi connectivity index (χ1) is 10.5. The third-order valence-electron chi connectivity index (χ3n) is 3.88. The molecule has 1 unspecified atom stereocenters. The highest BCUT2D eigenvalue weighted by Gasteiger charge is 2.29. The fraction of sp³-hybridized carbons (Fsp3) is 0.588. The Morgan fingerprint density at radius 3 is 2.82 bits per heavy atom. The average Bonchev–Trinajstić information content (AvgIpc) is 2.51. The van der Waals surface area contributed by atoms with E-state index < -0.39 is 5.60 Å². The fourth-order valence-corrected chi connectivity index (χ4v) is 2.58. The van der Waals surface area contributed by atoms with Gasteiger partial charge in [-0.1, -0.05) is 30.3 Å². The summed E-state index contributed by atoms with van der Waals surface area (Å²) in [4.78, 5) is 14.1. The molecule has 1 aromatic rings. The number of nitrogens with one attached hydrogen (secondary N) is 1. The van der Waals surface area contributed by atoms with Crippen molar-refractivity contribution in [3.05, 3.63) is 35.9 Å². The number of nitrogens with zero attached hydrogens (tertiary/aromatic N) is 1. The van der Waals surface area contributed by atoms with Crippen molar-refractivity contribution < 1.29 is 14.6 Å². The largest absolute Gasteiger partial charge is 0.445 e. The lowest BCUT2D eigenvalue weighted by Crippen LogP contribution is -2.54. The summed E-state index contributed by atoms with van der Waals surface area (Å²) < 4.78 is 5.43. The minimum Gasteiger partial charge on any atom is -0.445 e. The van der Waals surface area contributed by atoms with Crippen LogP contribution in [0.4, 0.5) is 4.79 Å². The van der Waals surface area contributed by atoms with Crippen LogP contribution in [0.3, 0.4) is 0 Å². The lowest BCUT2D eigenvalue weighted by molar-refractivity contribution is 0.0425. The molecule has 0 bridgehead atoms. The number of ether oxygens (including phenoxy) is 1. The minimum atomic E-state index is -0.711. The Kier molecular flexibility index (Phi) is 5.80. The molecule has 1 heterocycles. The highest BCUT2D eigenvalue weighted by Crippen LogP contribution is 2.18. The van der Waals surface area contributed by atoms with E-state index in [0.717, 1.165) is 25.1 Å². The summed E-state index contributed by atoms with van der Waals surface area (Å²) in [7, 11) is 0. The number of piperazine rings is 1. The molecule has 1 aromatic carbocycles. The van der Waals surface area contributed by atoms with Crippen molar-refractivity contribution in [2.45, 2.75) is 44.9 Å². The molecular weight excluding hydrogens is 280 g/mol. The van der Waals surface area contributed by atoms with Crippen LogP contribution in [0.2, 0.25) is 0 Å². The Morgan fingerprint density at radius 1 is 1.41 bits per heavy atom. The normalized spacial score (nSPS) is 19.0. The predicted octanol–water partition coefficient (Wildman–Crippen LogP) is 2.15. The first-order valence-electron chi connectivity index (χ1n) is 7.86. The highest BCUT2D eigenvalue weighted by molar-refractivity contribution is 5.68. The molecule has 1 fully saturated rings. The van der Waals surface area contributed by atoms with E-state index in [9.17, 15) is 9.90 Å². The average molecular weight is 306 g/mol. The lowest BCUT2D eigenvalue weighted by Gasteiger charge is -2.36. The van der Waals surface area contributed by atoms with Crippen LogP contribution in [0.1, 0.15) is 32.3 Å². The van der Waals surface area contributed by atoms with E-state index in [1.165, 1.54) is 0 Å². The second kappa shape index (κ2) is 7.61. The summed E-state index contributed by atoms with van der Waals surface area (Å²) in [6.45, 7) is 6.05. The Balaban J connectivity index is 1.87. The quantitative estimate of drug-likeness (QED) is 0.875. The number of rotatable bonds is 5. The van der Waals surface area contributed by atoms with Crippen LogP contribution in [0.25, 0.3) is 0 Å². The molecule has 5 nitrogen and oxygen atoms in total. The molecule has 1 saturated heterocycles. The summed E-state index contributed by atoms with van der Waals surface area (Å²) in [5.41, 5.74) is 0.274. The van der Waals surface area contributed by atoms with Gasteiger partial charge in [0.2, 0.25) is 0 Å². The summed E-state index contributed by atoms with van der Waals surface area (Å²) in [5.74, 6) is 0. The minimum absolute atomic E-state index is 0.0726. The van der Waals surface area contributed by atoms with Crippen molar-refractivity contribution in [2.24, 2.45) is 0 Å². The smallest absolute Gasteiger partial charge is 0.410 e. The standard InChI is InChI=1S/C17H26N2O3/c1-17(2,21)9-8-15-12-18-10-11-19(15)16(20)22-13-14-6-4-3-5-7-14/h3-7,15,18,21H,8-13H2,1-2H3. The van der Waals surface area contributed by atoms with E-state index in [4.69, 9.17) is 4.74 Å². The number of carbonyl (C=O) groups excluding carboxylic acids is 1. The summed E-state index contributed by atoms with van der Waals surface area (Å²) >= 11 is 0. The number of amides is 1. The van der Waals surface area contributed by atoms with Gasteiger partial charge in [0, 0.05) is 25.7 Å². The van der Waals surface area contributed by atoms with E-state index >= 15 is 0 Å². The van der Waals surface area contributed by atoms with E-state index in [2.05, 4.69) is 5.32 Å². The highest BCUT2D eigenvalue weighted by atomic mass is 16.6. The van der Waals surface area contributed by atoms with Gasteiger partial charge in [0.1, 0.15) is 6.61 Å². The molecule has 2 rings (SSSR count). The van der Waals surface area contributed by atoms with Crippen LogP contribution in [0.15, 0.2) is 30.3 Å². The van der Waals surface area contributed by atoms with E-state index in [-0.39, 0.29) is 12.1 Å². The lowest BCUT2D eigenvalue weighted by atomic mass is 9.98. The molecule has 5 heteroatoms. The molecule has 0 saturated carbocycles. The second-order valence-corrected chi connectivity index (χ2v) is 6.44. The number of carbonyl (C=O) groups is 1. The van der Waals surface area contributed by atoms with Gasteiger partial charge in [0.15, 0.2) is 0 Å². The van der Waals surface area contributed by atoms with Gasteiger partial charge < -0.3 is 20.1 Å². The zero-order valence-corrected chi connectivity index (χ0v) is 13.4. The van der Waals surface area contributed by atoms with Crippen molar-refractivity contribution in [1.82, 2.24) is 10.2 Å². The van der Waals surface area contributed by atoms with Crippen LogP contribution in [0, 0.1) is 0 Å². The molecule has 1 aliphatic rings. The van der Waals surface area contributed by atoms with Gasteiger partial charge in [-0.15, -0.1) is 0 Å². The van der Waals surface area contributed by atoms with Gasteiger partial charge >= 0.3 is 6.09 Å². The van der Waals surface area contributed by atoms with Crippen molar-refractivity contribution >= 4 is 6.09 Å². The maximum absolute atomic E-state index is 12.3. The summed E-state index contributed by atoms with van der Waals surface area (Å²) in [6, 6.07) is 9.76. The molecule has 0 radical (unpaired) electrons. The van der Waals surface area contributed by atoms with E-state index in [0.29, 0.717) is 19.6 Å². The molecular formula is C17H26N2O3. The Bertz CT molecular complexity index is 471. The Morgan fingerprint density at radius 2 is 2.14 bits per heavy atom. The SMILES string of the molecule is CC(C)(O)CCC1CNCCN1C(=O)OCc1ccccc1. The summed E-state index contributed by atoms with van der Waals surface area (Å²) in [5, 5.41) is 13.2. The van der Waals surface area contributed by atoms with Crippen LogP contribution in [-0.4, -0.2) is 47.4 Å². The van der Waals surface area contributed by atoms with Crippen LogP contribution >= 0.6 is 0 Å². The molecule has 1 amide bonds. The zero-order valence-electron chi connectivity index (χ0n) is 13.4. The van der Waals surface area contributed by atoms with E-state index in [1.807, 2.05) is 30.3 Å². The molecule has 22 heavy (non-hydrogen) atoms. The number of hydrogen-bond donors (Lipinski definition) is 2. The molecule has 0 aliphatic carbocycles. The van der Waals surface area contributed by atoms with Crippen molar-refractivity contribution in [2.75, 3.05) is 19.6 Å². The molecule has 2 N–H and O–H groups in total. The van der Waals surface area contributed by atoms with Crippen LogP contribution in [0.5, 0.6) is 0 Å². The van der Waals surface area contributed by atoms with Gasteiger partial charge in [0.25, 0.3) is 0 Å². The first kappa shape index (κ1) is 16.8. The number of aliphatic hydroxyl groups is 1. The summed E-state index contributed by atoms with van der Waals surface area (Å²) in [6.07, 6.45) is 1.14. The molecule has 0 spiro atoms. The monoisotopic (exact) mass is 306 g/mol. The molecule has 1 aliphatic heterocycles. The number of hydrogen-bond acceptors (Lipinski definition) is 4. The van der Waals surface area contributed by atoms with Crippen molar-refractivity contribution in [3.63, 3.8) is 0 Å². The Labute approximate surface area is 132 Å². The third kappa shape index (κ3) is 5.31. The second-order valence-electron chi connectivity index (χ2n) is 6.44. The van der Waals surface area contributed by atoms with Crippen molar-refractivity contribution in [1.29, 1.82) is 0 Å². The van der Waals surface area contributed by atoms with Crippen LogP contribution in [-0.2, 0) is 11.3 Å². The first-order valence-corrected chi connectivity index (χ1v) is 7.86. The third-order valence-corrected chi connectivity index (χ3v) is 3.88. The van der Waals surface area contributed by atoms with Gasteiger partial charge in [-0.05, 0) is 32.3 Å². The van der Waals surface area contributed by atoms with E-state index in [1.54, 1.807) is 18.7 Å². The Hall–Kier alpha value is -1.59. The van der Waals surface area contributed by atoms with Gasteiger partial charge in [-0.2, -0.15) is 0 Å². The number of benzene rings is 1. The predicted molar refractivity (Wildman–Crippen MR) is 85.5 cm³/mol. The van der Waals surface area contributed by atoms with Crippen LogP contribution < -0.4 is 5.32 Å². The molecule has 1 atom stereocenters. The fourth-order valence-electron chi connectivity index (χ4n) is 2.58. The topological polar surface area (TPSA) is 61.8 Å². The van der Waals surface area contributed by atoms with Gasteiger partial charge in [-0.3, -0.25) is 0 Å². The molecule has 0 aromatic heterocycles. The van der Waals surface area contributed by atoms with Gasteiger partial charge in [0.05, 0.1) is 5.60 Å². The molecule has 122 valence electrons. The van der Waals surface area contributed by atoms with Crippen molar-refractivity contribution in [3.8, 4) is 0 Å². The maximum atomic E-state index is 12.3.